The molecular formula is C28H36O3. The molecule has 5 rings (SSSR count). The van der Waals surface area contributed by atoms with E-state index in [1.165, 1.54) is 24.8 Å². The first kappa shape index (κ1) is 21.0. The first-order valence-electron chi connectivity index (χ1n) is 12.4. The van der Waals surface area contributed by atoms with Crippen LogP contribution in [-0.4, -0.2) is 17.9 Å². The third-order valence-corrected chi connectivity index (χ3v) is 9.98. The van der Waals surface area contributed by atoms with Crippen LogP contribution in [0.25, 0.3) is 0 Å². The molecule has 0 N–H and O–H groups in total. The summed E-state index contributed by atoms with van der Waals surface area (Å²) in [6, 6.07) is 9.45. The maximum absolute atomic E-state index is 13.1. The predicted octanol–water partition coefficient (Wildman–Crippen LogP) is 6.38. The summed E-state index contributed by atoms with van der Waals surface area (Å²) < 4.78 is 6.40. The van der Waals surface area contributed by atoms with E-state index in [0.717, 1.165) is 25.7 Å². The van der Waals surface area contributed by atoms with Crippen molar-refractivity contribution in [2.45, 2.75) is 78.2 Å². The van der Waals surface area contributed by atoms with Gasteiger partial charge in [0.2, 0.25) is 0 Å². The van der Waals surface area contributed by atoms with Gasteiger partial charge < -0.3 is 4.74 Å². The maximum atomic E-state index is 13.1. The monoisotopic (exact) mass is 420 g/mol. The quantitative estimate of drug-likeness (QED) is 0.533. The van der Waals surface area contributed by atoms with E-state index in [4.69, 9.17) is 4.74 Å². The molecule has 3 heteroatoms. The van der Waals surface area contributed by atoms with Gasteiger partial charge in [-0.1, -0.05) is 51.0 Å². The smallest absolute Gasteiger partial charge is 0.338 e. The van der Waals surface area contributed by atoms with Crippen LogP contribution in [0.1, 0.15) is 82.5 Å². The lowest BCUT2D eigenvalue weighted by Gasteiger charge is -2.60. The van der Waals surface area contributed by atoms with Crippen molar-refractivity contribution in [3.8, 4) is 0 Å². The van der Waals surface area contributed by atoms with Gasteiger partial charge in [0.1, 0.15) is 6.10 Å². The molecule has 0 bridgehead atoms. The van der Waals surface area contributed by atoms with E-state index in [0.29, 0.717) is 41.4 Å². The fraction of sp³-hybridized carbons (Fsp3) is 0.643. The Balaban J connectivity index is 1.51. The minimum Gasteiger partial charge on any atom is -0.458 e. The molecular weight excluding hydrogens is 384 g/mol. The van der Waals surface area contributed by atoms with Gasteiger partial charge in [0, 0.05) is 11.8 Å². The summed E-state index contributed by atoms with van der Waals surface area (Å²) in [5.74, 6) is 2.53. The Kier molecular flexibility index (Phi) is 5.14. The molecule has 4 aliphatic carbocycles. The summed E-state index contributed by atoms with van der Waals surface area (Å²) in [7, 11) is 0. The molecule has 1 aromatic carbocycles. The molecule has 7 unspecified atom stereocenters. The third kappa shape index (κ3) is 3.14. The van der Waals surface area contributed by atoms with Crippen molar-refractivity contribution >= 4 is 11.8 Å². The van der Waals surface area contributed by atoms with Crippen LogP contribution in [-0.2, 0) is 9.53 Å². The summed E-state index contributed by atoms with van der Waals surface area (Å²) in [5, 5.41) is 0. The summed E-state index contributed by atoms with van der Waals surface area (Å²) in [4.78, 5) is 25.3. The van der Waals surface area contributed by atoms with Crippen molar-refractivity contribution in [1.82, 2.24) is 0 Å². The van der Waals surface area contributed by atoms with Crippen LogP contribution in [0.5, 0.6) is 0 Å². The molecule has 166 valence electrons. The van der Waals surface area contributed by atoms with Gasteiger partial charge in [0.05, 0.1) is 5.56 Å². The van der Waals surface area contributed by atoms with Gasteiger partial charge in [-0.15, -0.1) is 0 Å². The van der Waals surface area contributed by atoms with Gasteiger partial charge in [-0.25, -0.2) is 4.79 Å². The molecule has 0 radical (unpaired) electrons. The van der Waals surface area contributed by atoms with Crippen molar-refractivity contribution in [2.24, 2.45) is 34.5 Å². The van der Waals surface area contributed by atoms with Gasteiger partial charge in [-0.2, -0.15) is 0 Å². The minimum atomic E-state index is -0.179. The van der Waals surface area contributed by atoms with Crippen LogP contribution in [0.4, 0.5) is 0 Å². The molecule has 3 nitrogen and oxygen atoms in total. The fourth-order valence-electron chi connectivity index (χ4n) is 8.23. The Morgan fingerprint density at radius 3 is 2.58 bits per heavy atom. The number of rotatable bonds is 3. The maximum Gasteiger partial charge on any atom is 0.338 e. The van der Waals surface area contributed by atoms with E-state index >= 15 is 0 Å². The molecule has 3 fully saturated rings. The van der Waals surface area contributed by atoms with Crippen LogP contribution < -0.4 is 0 Å². The molecule has 7 atom stereocenters. The Hall–Kier alpha value is -1.90. The first-order valence-corrected chi connectivity index (χ1v) is 12.4. The molecule has 0 spiro atoms. The van der Waals surface area contributed by atoms with Crippen molar-refractivity contribution in [1.29, 1.82) is 0 Å². The van der Waals surface area contributed by atoms with Gasteiger partial charge in [0.25, 0.3) is 0 Å². The summed E-state index contributed by atoms with van der Waals surface area (Å²) in [5.41, 5.74) is 2.16. The first-order chi connectivity index (χ1) is 14.9. The number of ether oxygens (including phenoxy) is 1. The zero-order chi connectivity index (χ0) is 21.8. The number of fused-ring (bicyclic) bond motifs is 5. The normalized spacial score (nSPS) is 41.6. The van der Waals surface area contributed by atoms with E-state index in [1.54, 1.807) is 0 Å². The lowest BCUT2D eigenvalue weighted by Crippen LogP contribution is -2.57. The average Bonchev–Trinajstić information content (AvgIpc) is 3.13. The van der Waals surface area contributed by atoms with Crippen molar-refractivity contribution in [3.63, 3.8) is 0 Å². The predicted molar refractivity (Wildman–Crippen MR) is 122 cm³/mol. The van der Waals surface area contributed by atoms with E-state index in [-0.39, 0.29) is 22.9 Å². The summed E-state index contributed by atoms with van der Waals surface area (Å²) >= 11 is 0. The zero-order valence-electron chi connectivity index (χ0n) is 19.2. The fourth-order valence-corrected chi connectivity index (χ4v) is 8.23. The van der Waals surface area contributed by atoms with E-state index in [2.05, 4.69) is 20.8 Å². The molecule has 0 aliphatic heterocycles. The number of hydrogen-bond acceptors (Lipinski definition) is 3. The molecule has 0 heterocycles. The van der Waals surface area contributed by atoms with Gasteiger partial charge >= 0.3 is 5.97 Å². The highest BCUT2D eigenvalue weighted by Crippen LogP contribution is 2.67. The Labute approximate surface area is 186 Å². The van der Waals surface area contributed by atoms with Crippen molar-refractivity contribution in [2.75, 3.05) is 0 Å². The second-order valence-corrected chi connectivity index (χ2v) is 11.0. The Bertz CT molecular complexity index is 902. The lowest BCUT2D eigenvalue weighted by molar-refractivity contribution is -0.139. The average molecular weight is 421 g/mol. The van der Waals surface area contributed by atoms with E-state index in [1.807, 2.05) is 36.4 Å². The van der Waals surface area contributed by atoms with Gasteiger partial charge in [0.15, 0.2) is 5.78 Å². The van der Waals surface area contributed by atoms with Gasteiger partial charge in [-0.05, 0) is 85.8 Å². The summed E-state index contributed by atoms with van der Waals surface area (Å²) in [6.45, 7) is 7.12. The number of carbonyl (C=O) groups excluding carboxylic acids is 2. The number of ketones is 1. The number of allylic oxidation sites excluding steroid dienone is 1. The Morgan fingerprint density at radius 1 is 1.06 bits per heavy atom. The molecule has 0 saturated heterocycles. The number of benzene rings is 1. The number of esters is 1. The second kappa shape index (κ2) is 7.60. The van der Waals surface area contributed by atoms with Crippen LogP contribution in [0.3, 0.4) is 0 Å². The van der Waals surface area contributed by atoms with Crippen LogP contribution in [0.15, 0.2) is 42.0 Å². The SMILES string of the molecule is CCC1CCC2C3CCC4=CC(=O)CCC4(C)C3CC(OC(=O)c3ccccc3)C12C. The molecule has 1 aromatic rings. The molecule has 0 aromatic heterocycles. The molecule has 4 aliphatic rings. The third-order valence-electron chi connectivity index (χ3n) is 9.98. The second-order valence-electron chi connectivity index (χ2n) is 11.0. The van der Waals surface area contributed by atoms with Crippen LogP contribution in [0.2, 0.25) is 0 Å². The standard InChI is InChI=1S/C28H36O3/c1-4-19-11-13-23-22-12-10-20-16-21(29)14-15-27(20,2)24(22)17-25(28(19,23)3)31-26(30)18-8-6-5-7-9-18/h5-9,16,19,22-25H,4,10-15,17H2,1-3H3. The highest BCUT2D eigenvalue weighted by atomic mass is 16.5. The van der Waals surface area contributed by atoms with E-state index in [9.17, 15) is 9.59 Å². The van der Waals surface area contributed by atoms with E-state index < -0.39 is 0 Å². The zero-order valence-corrected chi connectivity index (χ0v) is 19.2. The minimum absolute atomic E-state index is 0.0484. The van der Waals surface area contributed by atoms with Crippen molar-refractivity contribution < 1.29 is 14.3 Å². The molecule has 3 saturated carbocycles. The largest absolute Gasteiger partial charge is 0.458 e. The van der Waals surface area contributed by atoms with Gasteiger partial charge in [-0.3, -0.25) is 4.79 Å². The molecule has 0 amide bonds. The Morgan fingerprint density at radius 2 is 1.84 bits per heavy atom. The topological polar surface area (TPSA) is 43.4 Å². The van der Waals surface area contributed by atoms with Crippen molar-refractivity contribution in [3.05, 3.63) is 47.5 Å². The highest BCUT2D eigenvalue weighted by Gasteiger charge is 2.63. The lowest BCUT2D eigenvalue weighted by atomic mass is 9.46. The number of hydrogen-bond donors (Lipinski definition) is 0. The molecule has 31 heavy (non-hydrogen) atoms. The highest BCUT2D eigenvalue weighted by molar-refractivity contribution is 5.91. The summed E-state index contributed by atoms with van der Waals surface area (Å²) in [6.07, 6.45) is 10.4. The number of carbonyl (C=O) groups is 2. The van der Waals surface area contributed by atoms with Crippen LogP contribution in [0, 0.1) is 34.5 Å². The van der Waals surface area contributed by atoms with Crippen LogP contribution >= 0.6 is 0 Å².